The number of ether oxygens (including phenoxy) is 4. The molecule has 0 aromatic heterocycles. The van der Waals surface area contributed by atoms with Crippen LogP contribution in [-0.2, 0) is 9.47 Å². The van der Waals surface area contributed by atoms with Crippen LogP contribution in [0.1, 0.15) is 5.56 Å². The van der Waals surface area contributed by atoms with Crippen LogP contribution in [0, 0.1) is 0 Å². The summed E-state index contributed by atoms with van der Waals surface area (Å²) >= 11 is 0. The summed E-state index contributed by atoms with van der Waals surface area (Å²) < 4.78 is 20.6. The van der Waals surface area contributed by atoms with E-state index in [0.29, 0.717) is 18.1 Å². The normalized spacial score (nSPS) is 11.2. The van der Waals surface area contributed by atoms with E-state index in [0.717, 1.165) is 11.3 Å². The van der Waals surface area contributed by atoms with E-state index in [9.17, 15) is 0 Å². The van der Waals surface area contributed by atoms with Crippen molar-refractivity contribution in [3.05, 3.63) is 29.5 Å². The van der Waals surface area contributed by atoms with E-state index in [1.165, 1.54) is 0 Å². The molecule has 0 heterocycles. The molecule has 17 heavy (non-hydrogen) atoms. The largest absolute Gasteiger partial charge is 0.499 e. The zero-order chi connectivity index (χ0) is 12.7. The SMILES string of the molecule is COC/C(=C/c1ccc(OC)c(OC)c1)OC. The predicted octanol–water partition coefficient (Wildman–Crippen LogP) is 2.34. The molecular formula is C13H18O4. The smallest absolute Gasteiger partial charge is 0.161 e. The first-order valence-corrected chi connectivity index (χ1v) is 5.20. The molecule has 0 aliphatic rings. The lowest BCUT2D eigenvalue weighted by Gasteiger charge is -2.09. The summed E-state index contributed by atoms with van der Waals surface area (Å²) in [5.74, 6) is 2.14. The van der Waals surface area contributed by atoms with Crippen LogP contribution in [0.15, 0.2) is 24.0 Å². The summed E-state index contributed by atoms with van der Waals surface area (Å²) in [6.07, 6.45) is 1.89. The zero-order valence-corrected chi connectivity index (χ0v) is 10.6. The van der Waals surface area contributed by atoms with Crippen molar-refractivity contribution in [3.8, 4) is 11.5 Å². The molecule has 4 nitrogen and oxygen atoms in total. The average Bonchev–Trinajstić information content (AvgIpc) is 2.38. The van der Waals surface area contributed by atoms with Crippen LogP contribution in [0.3, 0.4) is 0 Å². The molecule has 94 valence electrons. The van der Waals surface area contributed by atoms with Crippen molar-refractivity contribution in [2.45, 2.75) is 0 Å². The van der Waals surface area contributed by atoms with Crippen molar-refractivity contribution >= 4 is 6.08 Å². The summed E-state index contributed by atoms with van der Waals surface area (Å²) in [4.78, 5) is 0. The Kier molecular flexibility index (Phi) is 5.36. The fourth-order valence-corrected chi connectivity index (χ4v) is 1.43. The lowest BCUT2D eigenvalue weighted by molar-refractivity contribution is 0.161. The minimum absolute atomic E-state index is 0.435. The second kappa shape index (κ2) is 6.81. The van der Waals surface area contributed by atoms with Gasteiger partial charge in [0.05, 0.1) is 21.3 Å². The third-order valence-electron chi connectivity index (χ3n) is 2.28. The molecule has 0 spiro atoms. The molecule has 1 aromatic carbocycles. The van der Waals surface area contributed by atoms with Gasteiger partial charge in [-0.05, 0) is 23.8 Å². The molecule has 0 atom stereocenters. The van der Waals surface area contributed by atoms with E-state index in [1.54, 1.807) is 28.4 Å². The van der Waals surface area contributed by atoms with Gasteiger partial charge in [-0.3, -0.25) is 0 Å². The quantitative estimate of drug-likeness (QED) is 0.713. The van der Waals surface area contributed by atoms with Gasteiger partial charge in [0.25, 0.3) is 0 Å². The van der Waals surface area contributed by atoms with Gasteiger partial charge in [-0.2, -0.15) is 0 Å². The fraction of sp³-hybridized carbons (Fsp3) is 0.385. The number of methoxy groups -OCH3 is 4. The molecule has 0 bridgehead atoms. The van der Waals surface area contributed by atoms with Crippen LogP contribution in [0.2, 0.25) is 0 Å². The van der Waals surface area contributed by atoms with Gasteiger partial charge in [0.2, 0.25) is 0 Å². The summed E-state index contributed by atoms with van der Waals surface area (Å²) in [5, 5.41) is 0. The van der Waals surface area contributed by atoms with Crippen molar-refractivity contribution in [1.29, 1.82) is 0 Å². The minimum atomic E-state index is 0.435. The monoisotopic (exact) mass is 238 g/mol. The van der Waals surface area contributed by atoms with Crippen LogP contribution in [0.4, 0.5) is 0 Å². The van der Waals surface area contributed by atoms with Crippen molar-refractivity contribution in [2.24, 2.45) is 0 Å². The Bertz CT molecular complexity index is 385. The van der Waals surface area contributed by atoms with E-state index in [1.807, 2.05) is 24.3 Å². The molecule has 1 rings (SSSR count). The molecule has 0 N–H and O–H groups in total. The van der Waals surface area contributed by atoms with Gasteiger partial charge in [0, 0.05) is 7.11 Å². The van der Waals surface area contributed by atoms with E-state index >= 15 is 0 Å². The lowest BCUT2D eigenvalue weighted by atomic mass is 10.2. The minimum Gasteiger partial charge on any atom is -0.499 e. The Morgan fingerprint density at radius 2 is 1.76 bits per heavy atom. The molecule has 0 saturated heterocycles. The lowest BCUT2D eigenvalue weighted by Crippen LogP contribution is -1.96. The highest BCUT2D eigenvalue weighted by atomic mass is 16.5. The first-order chi connectivity index (χ1) is 8.24. The summed E-state index contributed by atoms with van der Waals surface area (Å²) in [6.45, 7) is 0.435. The maximum atomic E-state index is 5.23. The van der Waals surface area contributed by atoms with Gasteiger partial charge in [-0.1, -0.05) is 6.07 Å². The van der Waals surface area contributed by atoms with Gasteiger partial charge in [-0.25, -0.2) is 0 Å². The van der Waals surface area contributed by atoms with E-state index in [4.69, 9.17) is 18.9 Å². The number of hydrogen-bond acceptors (Lipinski definition) is 4. The van der Waals surface area contributed by atoms with Crippen molar-refractivity contribution in [3.63, 3.8) is 0 Å². The molecule has 0 radical (unpaired) electrons. The predicted molar refractivity (Wildman–Crippen MR) is 66.4 cm³/mol. The van der Waals surface area contributed by atoms with Crippen molar-refractivity contribution in [2.75, 3.05) is 35.0 Å². The highest BCUT2D eigenvalue weighted by molar-refractivity contribution is 5.57. The van der Waals surface area contributed by atoms with Gasteiger partial charge in [0.1, 0.15) is 12.4 Å². The third-order valence-corrected chi connectivity index (χ3v) is 2.28. The second-order valence-electron chi connectivity index (χ2n) is 3.36. The molecule has 0 saturated carbocycles. The molecule has 0 aliphatic heterocycles. The van der Waals surface area contributed by atoms with Crippen LogP contribution in [0.5, 0.6) is 11.5 Å². The maximum Gasteiger partial charge on any atom is 0.161 e. The Labute approximate surface area is 102 Å². The van der Waals surface area contributed by atoms with Gasteiger partial charge in [0.15, 0.2) is 11.5 Å². The van der Waals surface area contributed by atoms with Crippen molar-refractivity contribution in [1.82, 2.24) is 0 Å². The van der Waals surface area contributed by atoms with Crippen LogP contribution >= 0.6 is 0 Å². The van der Waals surface area contributed by atoms with E-state index in [-0.39, 0.29) is 0 Å². The topological polar surface area (TPSA) is 36.9 Å². The Morgan fingerprint density at radius 1 is 1.06 bits per heavy atom. The summed E-state index contributed by atoms with van der Waals surface area (Å²) in [7, 11) is 6.46. The Morgan fingerprint density at radius 3 is 2.29 bits per heavy atom. The Hall–Kier alpha value is -1.68. The molecule has 1 aromatic rings. The highest BCUT2D eigenvalue weighted by Crippen LogP contribution is 2.28. The molecule has 0 fully saturated rings. The Balaban J connectivity index is 2.98. The standard InChI is InChI=1S/C13H18O4/c1-14-9-11(15-2)7-10-5-6-12(16-3)13(8-10)17-4/h5-8H,9H2,1-4H3/b11-7-. The van der Waals surface area contributed by atoms with Crippen LogP contribution in [-0.4, -0.2) is 35.0 Å². The summed E-state index contributed by atoms with van der Waals surface area (Å²) in [5.41, 5.74) is 0.969. The van der Waals surface area contributed by atoms with Crippen LogP contribution in [0.25, 0.3) is 6.08 Å². The number of hydrogen-bond donors (Lipinski definition) is 0. The third kappa shape index (κ3) is 3.67. The van der Waals surface area contributed by atoms with E-state index < -0.39 is 0 Å². The first kappa shape index (κ1) is 13.4. The zero-order valence-electron chi connectivity index (χ0n) is 10.6. The number of benzene rings is 1. The average molecular weight is 238 g/mol. The molecular weight excluding hydrogens is 220 g/mol. The number of rotatable bonds is 6. The molecule has 4 heteroatoms. The second-order valence-corrected chi connectivity index (χ2v) is 3.36. The van der Waals surface area contributed by atoms with Gasteiger partial charge in [-0.15, -0.1) is 0 Å². The van der Waals surface area contributed by atoms with E-state index in [2.05, 4.69) is 0 Å². The molecule has 0 aliphatic carbocycles. The molecule has 0 amide bonds. The highest BCUT2D eigenvalue weighted by Gasteiger charge is 2.04. The van der Waals surface area contributed by atoms with Gasteiger partial charge < -0.3 is 18.9 Å². The fourth-order valence-electron chi connectivity index (χ4n) is 1.43. The first-order valence-electron chi connectivity index (χ1n) is 5.20. The maximum absolute atomic E-state index is 5.23. The van der Waals surface area contributed by atoms with Gasteiger partial charge >= 0.3 is 0 Å². The molecule has 0 unspecified atom stereocenters. The summed E-state index contributed by atoms with van der Waals surface area (Å²) in [6, 6.07) is 5.66. The van der Waals surface area contributed by atoms with Crippen LogP contribution < -0.4 is 9.47 Å². The van der Waals surface area contributed by atoms with Crippen molar-refractivity contribution < 1.29 is 18.9 Å².